The molecule has 0 fully saturated rings. The Hall–Kier alpha value is -8.86. The Morgan fingerprint density at radius 2 is 0.697 bits per heavy atom. The molecule has 0 bridgehead atoms. The minimum absolute atomic E-state index is 0.825. The molecule has 13 aromatic rings. The number of para-hydroxylation sites is 4. The standard InChI is InChI=1S/C62H40N2O2/c1-3-15-41(16-4-1)43-29-34-46(35-30-43)63(56-25-13-23-53-51-21-9-11-27-59(51)65-61(53)56)48-39-55-49-20-8-7-19-45(49)33-38-50(55)58(40-48)64(47-36-31-44(32-37-47)42-17-5-2-6-18-42)57-26-14-24-54-52-22-10-12-28-60(52)66-62(54)57/h1-40H. The van der Waals surface area contributed by atoms with Gasteiger partial charge < -0.3 is 18.6 Å². The molecule has 2 aromatic heterocycles. The quantitative estimate of drug-likeness (QED) is 0.143. The average Bonchev–Trinajstić information content (AvgIpc) is 3.97. The number of anilines is 6. The first-order chi connectivity index (χ1) is 32.7. The molecule has 0 N–H and O–H groups in total. The van der Waals surface area contributed by atoms with E-state index >= 15 is 0 Å². The fourth-order valence-corrected chi connectivity index (χ4v) is 9.91. The maximum absolute atomic E-state index is 6.86. The van der Waals surface area contributed by atoms with Crippen LogP contribution in [0.2, 0.25) is 0 Å². The summed E-state index contributed by atoms with van der Waals surface area (Å²) >= 11 is 0. The van der Waals surface area contributed by atoms with Gasteiger partial charge in [0, 0.05) is 44.0 Å². The van der Waals surface area contributed by atoms with E-state index in [0.29, 0.717) is 0 Å². The van der Waals surface area contributed by atoms with Gasteiger partial charge in [-0.1, -0.05) is 182 Å². The average molecular weight is 845 g/mol. The molecule has 0 saturated heterocycles. The van der Waals surface area contributed by atoms with Gasteiger partial charge in [0.1, 0.15) is 11.2 Å². The number of hydrogen-bond donors (Lipinski definition) is 0. The lowest BCUT2D eigenvalue weighted by Crippen LogP contribution is -2.14. The van der Waals surface area contributed by atoms with Crippen LogP contribution in [0.3, 0.4) is 0 Å². The monoisotopic (exact) mass is 844 g/mol. The van der Waals surface area contributed by atoms with Crippen molar-refractivity contribution in [2.24, 2.45) is 0 Å². The molecule has 11 aromatic carbocycles. The molecule has 0 aliphatic carbocycles. The molecule has 4 heteroatoms. The Morgan fingerprint density at radius 3 is 1.27 bits per heavy atom. The smallest absolute Gasteiger partial charge is 0.159 e. The summed E-state index contributed by atoms with van der Waals surface area (Å²) in [6, 6.07) is 86.4. The summed E-state index contributed by atoms with van der Waals surface area (Å²) in [7, 11) is 0. The van der Waals surface area contributed by atoms with Gasteiger partial charge in [0.15, 0.2) is 11.2 Å². The van der Waals surface area contributed by atoms with Gasteiger partial charge in [0.2, 0.25) is 0 Å². The first-order valence-electron chi connectivity index (χ1n) is 22.4. The van der Waals surface area contributed by atoms with Gasteiger partial charge in [0.05, 0.1) is 17.1 Å². The third-order valence-electron chi connectivity index (χ3n) is 13.0. The van der Waals surface area contributed by atoms with Gasteiger partial charge in [-0.3, -0.25) is 0 Å². The number of rotatable bonds is 8. The van der Waals surface area contributed by atoms with Crippen LogP contribution in [-0.4, -0.2) is 0 Å². The normalized spacial score (nSPS) is 11.6. The fraction of sp³-hybridized carbons (Fsp3) is 0. The molecular weight excluding hydrogens is 805 g/mol. The van der Waals surface area contributed by atoms with E-state index < -0.39 is 0 Å². The number of benzene rings is 11. The lowest BCUT2D eigenvalue weighted by atomic mass is 9.97. The fourth-order valence-electron chi connectivity index (χ4n) is 9.91. The third-order valence-corrected chi connectivity index (χ3v) is 13.0. The van der Waals surface area contributed by atoms with E-state index in [-0.39, 0.29) is 0 Å². The van der Waals surface area contributed by atoms with Gasteiger partial charge in [-0.2, -0.15) is 0 Å². The Morgan fingerprint density at radius 1 is 0.242 bits per heavy atom. The van der Waals surface area contributed by atoms with Crippen molar-refractivity contribution in [1.82, 2.24) is 0 Å². The zero-order valence-electron chi connectivity index (χ0n) is 35.8. The van der Waals surface area contributed by atoms with E-state index in [4.69, 9.17) is 8.83 Å². The van der Waals surface area contributed by atoms with Gasteiger partial charge >= 0.3 is 0 Å². The van der Waals surface area contributed by atoms with Crippen LogP contribution in [0.25, 0.3) is 87.7 Å². The van der Waals surface area contributed by atoms with Crippen LogP contribution in [-0.2, 0) is 0 Å². The zero-order chi connectivity index (χ0) is 43.6. The first kappa shape index (κ1) is 37.7. The predicted octanol–water partition coefficient (Wildman–Crippen LogP) is 18.1. The highest BCUT2D eigenvalue weighted by atomic mass is 16.3. The molecule has 4 nitrogen and oxygen atoms in total. The summed E-state index contributed by atoms with van der Waals surface area (Å²) in [6.07, 6.45) is 0. The minimum Gasteiger partial charge on any atom is -0.454 e. The number of nitrogens with zero attached hydrogens (tertiary/aromatic N) is 2. The van der Waals surface area contributed by atoms with Crippen molar-refractivity contribution in [2.75, 3.05) is 9.80 Å². The van der Waals surface area contributed by atoms with Gasteiger partial charge in [-0.25, -0.2) is 0 Å². The highest BCUT2D eigenvalue weighted by molar-refractivity contribution is 6.17. The molecule has 0 saturated carbocycles. The second-order valence-corrected chi connectivity index (χ2v) is 16.8. The van der Waals surface area contributed by atoms with Crippen LogP contribution in [0.5, 0.6) is 0 Å². The highest BCUT2D eigenvalue weighted by Gasteiger charge is 2.26. The van der Waals surface area contributed by atoms with Crippen molar-refractivity contribution in [3.8, 4) is 22.3 Å². The van der Waals surface area contributed by atoms with Crippen LogP contribution in [0.4, 0.5) is 34.1 Å². The molecule has 0 unspecified atom stereocenters. The summed E-state index contributed by atoms with van der Waals surface area (Å²) in [5.74, 6) is 0. The lowest BCUT2D eigenvalue weighted by molar-refractivity contribution is 0.669. The Bertz CT molecular complexity index is 3930. The SMILES string of the molecule is c1ccc(-c2ccc(N(c3cc(N(c4ccc(-c5ccccc5)cc4)c4cccc5c4oc4ccccc45)c4ccc5ccccc5c4c3)c3cccc4c3oc3ccccc34)cc2)cc1. The molecule has 0 spiro atoms. The summed E-state index contributed by atoms with van der Waals surface area (Å²) in [5.41, 5.74) is 13.9. The number of furan rings is 2. The Balaban J connectivity index is 1.12. The van der Waals surface area contributed by atoms with E-state index in [2.05, 4.69) is 240 Å². The van der Waals surface area contributed by atoms with Crippen LogP contribution < -0.4 is 9.80 Å². The maximum Gasteiger partial charge on any atom is 0.159 e. The molecular formula is C62H40N2O2. The summed E-state index contributed by atoms with van der Waals surface area (Å²) in [4.78, 5) is 4.75. The molecule has 0 amide bonds. The van der Waals surface area contributed by atoms with Crippen LogP contribution in [0.15, 0.2) is 251 Å². The van der Waals surface area contributed by atoms with Crippen molar-refractivity contribution < 1.29 is 8.83 Å². The molecule has 310 valence electrons. The number of fused-ring (bicyclic) bond motifs is 9. The van der Waals surface area contributed by atoms with Gasteiger partial charge in [-0.15, -0.1) is 0 Å². The molecule has 13 rings (SSSR count). The second-order valence-electron chi connectivity index (χ2n) is 16.8. The molecule has 0 aliphatic rings. The summed E-state index contributed by atoms with van der Waals surface area (Å²) in [5, 5.41) is 8.88. The van der Waals surface area contributed by atoms with E-state index in [9.17, 15) is 0 Å². The van der Waals surface area contributed by atoms with Crippen LogP contribution in [0.1, 0.15) is 0 Å². The zero-order valence-corrected chi connectivity index (χ0v) is 35.8. The summed E-state index contributed by atoms with van der Waals surface area (Å²) in [6.45, 7) is 0. The maximum atomic E-state index is 6.86. The number of hydrogen-bond acceptors (Lipinski definition) is 4. The van der Waals surface area contributed by atoms with E-state index in [1.54, 1.807) is 0 Å². The van der Waals surface area contributed by atoms with E-state index in [1.807, 2.05) is 12.1 Å². The van der Waals surface area contributed by atoms with Gasteiger partial charge in [-0.05, 0) is 99.1 Å². The minimum atomic E-state index is 0.825. The predicted molar refractivity (Wildman–Crippen MR) is 276 cm³/mol. The Labute approximate surface area is 381 Å². The van der Waals surface area contributed by atoms with E-state index in [1.165, 1.54) is 21.9 Å². The molecule has 2 heterocycles. The lowest BCUT2D eigenvalue weighted by Gasteiger charge is -2.31. The molecule has 66 heavy (non-hydrogen) atoms. The van der Waals surface area contributed by atoms with Crippen LogP contribution >= 0.6 is 0 Å². The molecule has 0 aliphatic heterocycles. The Kier molecular flexibility index (Phi) is 8.81. The molecule has 0 atom stereocenters. The first-order valence-corrected chi connectivity index (χ1v) is 22.4. The van der Waals surface area contributed by atoms with E-state index in [0.717, 1.165) is 99.9 Å². The third kappa shape index (κ3) is 6.22. The van der Waals surface area contributed by atoms with Crippen molar-refractivity contribution in [2.45, 2.75) is 0 Å². The summed E-state index contributed by atoms with van der Waals surface area (Å²) < 4.78 is 13.7. The second kappa shape index (κ2) is 15.4. The van der Waals surface area contributed by atoms with Gasteiger partial charge in [0.25, 0.3) is 0 Å². The van der Waals surface area contributed by atoms with Crippen molar-refractivity contribution in [3.05, 3.63) is 243 Å². The van der Waals surface area contributed by atoms with Crippen molar-refractivity contribution in [3.63, 3.8) is 0 Å². The molecule has 0 radical (unpaired) electrons. The van der Waals surface area contributed by atoms with Crippen molar-refractivity contribution in [1.29, 1.82) is 0 Å². The van der Waals surface area contributed by atoms with Crippen molar-refractivity contribution >= 4 is 99.5 Å². The topological polar surface area (TPSA) is 32.8 Å². The largest absolute Gasteiger partial charge is 0.454 e. The highest BCUT2D eigenvalue weighted by Crippen LogP contribution is 2.50. The van der Waals surface area contributed by atoms with Crippen LogP contribution in [0, 0.1) is 0 Å².